The molecule has 4 rings (SSSR count). The summed E-state index contributed by atoms with van der Waals surface area (Å²) in [5, 5.41) is 4.03. The maximum Gasteiger partial charge on any atom is 0.337 e. The van der Waals surface area contributed by atoms with Crippen LogP contribution in [0.1, 0.15) is 32.0 Å². The fourth-order valence-electron chi connectivity index (χ4n) is 3.23. The molecule has 1 aliphatic rings. The van der Waals surface area contributed by atoms with Gasteiger partial charge in [0.2, 0.25) is 5.76 Å². The van der Waals surface area contributed by atoms with E-state index in [2.05, 4.69) is 5.16 Å². The number of ether oxygens (including phenoxy) is 1. The Labute approximate surface area is 156 Å². The second kappa shape index (κ2) is 6.72. The van der Waals surface area contributed by atoms with Gasteiger partial charge in [-0.1, -0.05) is 35.0 Å². The minimum absolute atomic E-state index is 0.190. The Morgan fingerprint density at radius 2 is 1.89 bits per heavy atom. The molecule has 3 aromatic rings. The average Bonchev–Trinajstić information content (AvgIpc) is 3.34. The Hall–Kier alpha value is -3.41. The van der Waals surface area contributed by atoms with Crippen LogP contribution < -0.4 is 4.90 Å². The van der Waals surface area contributed by atoms with Crippen LogP contribution in [0.25, 0.3) is 11.3 Å². The maximum absolute atomic E-state index is 12.9. The molecule has 0 atom stereocenters. The number of hydrogen-bond donors (Lipinski definition) is 0. The lowest BCUT2D eigenvalue weighted by molar-refractivity contribution is 0.0600. The predicted molar refractivity (Wildman–Crippen MR) is 99.8 cm³/mol. The molecule has 0 fully saturated rings. The molecule has 6 nitrogen and oxygen atoms in total. The first-order valence-electron chi connectivity index (χ1n) is 8.63. The first-order chi connectivity index (χ1) is 13.1. The largest absolute Gasteiger partial charge is 0.465 e. The van der Waals surface area contributed by atoms with Gasteiger partial charge in [-0.15, -0.1) is 0 Å². The number of esters is 1. The molecule has 0 N–H and O–H groups in total. The molecule has 2 aromatic carbocycles. The van der Waals surface area contributed by atoms with Crippen molar-refractivity contribution in [1.82, 2.24) is 5.16 Å². The standard InChI is InChI=1S/C21H18N2O4/c1-13-3-5-14(6-4-13)17-12-19(27-22-17)20(24)23-10-9-15-11-16(21(25)26-2)7-8-18(15)23/h3-8,11-12H,9-10H2,1-2H3. The van der Waals surface area contributed by atoms with Gasteiger partial charge < -0.3 is 14.2 Å². The monoisotopic (exact) mass is 362 g/mol. The number of amides is 1. The number of anilines is 1. The van der Waals surface area contributed by atoms with Crippen LogP contribution in [0.5, 0.6) is 0 Å². The predicted octanol–water partition coefficient (Wildman–Crippen LogP) is 3.64. The van der Waals surface area contributed by atoms with Crippen LogP contribution in [0.3, 0.4) is 0 Å². The topological polar surface area (TPSA) is 72.6 Å². The number of aromatic nitrogens is 1. The van der Waals surface area contributed by atoms with Crippen molar-refractivity contribution in [3.8, 4) is 11.3 Å². The van der Waals surface area contributed by atoms with Crippen molar-refractivity contribution in [3.63, 3.8) is 0 Å². The van der Waals surface area contributed by atoms with Crippen molar-refractivity contribution in [3.05, 3.63) is 71.0 Å². The van der Waals surface area contributed by atoms with Gasteiger partial charge >= 0.3 is 5.97 Å². The highest BCUT2D eigenvalue weighted by atomic mass is 16.5. The third kappa shape index (κ3) is 3.10. The van der Waals surface area contributed by atoms with Crippen LogP contribution in [-0.2, 0) is 11.2 Å². The van der Waals surface area contributed by atoms with Gasteiger partial charge in [-0.05, 0) is 37.1 Å². The lowest BCUT2D eigenvalue weighted by Crippen LogP contribution is -2.28. The highest BCUT2D eigenvalue weighted by Crippen LogP contribution is 2.31. The van der Waals surface area contributed by atoms with Gasteiger partial charge in [0.15, 0.2) is 0 Å². The van der Waals surface area contributed by atoms with E-state index in [9.17, 15) is 9.59 Å². The maximum atomic E-state index is 12.9. The van der Waals surface area contributed by atoms with E-state index in [1.807, 2.05) is 31.2 Å². The smallest absolute Gasteiger partial charge is 0.337 e. The Kier molecular flexibility index (Phi) is 4.24. The van der Waals surface area contributed by atoms with Gasteiger partial charge in [0.25, 0.3) is 5.91 Å². The van der Waals surface area contributed by atoms with Crippen molar-refractivity contribution < 1.29 is 18.8 Å². The number of rotatable bonds is 3. The number of aryl methyl sites for hydroxylation is 1. The second-order valence-electron chi connectivity index (χ2n) is 6.48. The Balaban J connectivity index is 1.58. The summed E-state index contributed by atoms with van der Waals surface area (Å²) in [5.74, 6) is -0.443. The van der Waals surface area contributed by atoms with Gasteiger partial charge in [-0.3, -0.25) is 4.79 Å². The average molecular weight is 362 g/mol. The van der Waals surface area contributed by atoms with E-state index in [1.165, 1.54) is 7.11 Å². The molecule has 0 unspecified atom stereocenters. The number of methoxy groups -OCH3 is 1. The molecule has 1 amide bonds. The summed E-state index contributed by atoms with van der Waals surface area (Å²) in [4.78, 5) is 26.2. The first-order valence-corrected chi connectivity index (χ1v) is 8.63. The van der Waals surface area contributed by atoms with Crippen LogP contribution in [0, 0.1) is 6.92 Å². The summed E-state index contributed by atoms with van der Waals surface area (Å²) in [7, 11) is 1.35. The molecule has 0 bridgehead atoms. The molecule has 2 heterocycles. The number of benzene rings is 2. The third-order valence-corrected chi connectivity index (χ3v) is 4.71. The van der Waals surface area contributed by atoms with E-state index in [1.54, 1.807) is 29.2 Å². The summed E-state index contributed by atoms with van der Waals surface area (Å²) < 4.78 is 10.1. The van der Waals surface area contributed by atoms with Crippen LogP contribution in [0.2, 0.25) is 0 Å². The van der Waals surface area contributed by atoms with Gasteiger partial charge in [-0.2, -0.15) is 0 Å². The summed E-state index contributed by atoms with van der Waals surface area (Å²) in [6.45, 7) is 2.54. The van der Waals surface area contributed by atoms with E-state index in [4.69, 9.17) is 9.26 Å². The molecular formula is C21H18N2O4. The molecular weight excluding hydrogens is 344 g/mol. The molecule has 1 aliphatic heterocycles. The van der Waals surface area contributed by atoms with E-state index in [0.29, 0.717) is 24.2 Å². The molecule has 0 saturated heterocycles. The van der Waals surface area contributed by atoms with Gasteiger partial charge in [0, 0.05) is 23.9 Å². The number of carbonyl (C=O) groups is 2. The van der Waals surface area contributed by atoms with Crippen molar-refractivity contribution in [1.29, 1.82) is 0 Å². The fraction of sp³-hybridized carbons (Fsp3) is 0.190. The van der Waals surface area contributed by atoms with Gasteiger partial charge in [-0.25, -0.2) is 4.79 Å². The van der Waals surface area contributed by atoms with E-state index in [-0.39, 0.29) is 17.6 Å². The van der Waals surface area contributed by atoms with Gasteiger partial charge in [0.05, 0.1) is 12.7 Å². The molecule has 0 saturated carbocycles. The molecule has 136 valence electrons. The van der Waals surface area contributed by atoms with Crippen molar-refractivity contribution in [2.45, 2.75) is 13.3 Å². The number of carbonyl (C=O) groups excluding carboxylic acids is 2. The number of nitrogens with zero attached hydrogens (tertiary/aromatic N) is 2. The zero-order chi connectivity index (χ0) is 19.0. The summed E-state index contributed by atoms with van der Waals surface area (Å²) in [6.07, 6.45) is 0.671. The lowest BCUT2D eigenvalue weighted by atomic mass is 10.1. The summed E-state index contributed by atoms with van der Waals surface area (Å²) >= 11 is 0. The highest BCUT2D eigenvalue weighted by molar-refractivity contribution is 6.06. The van der Waals surface area contributed by atoms with Crippen molar-refractivity contribution in [2.75, 3.05) is 18.6 Å². The van der Waals surface area contributed by atoms with E-state index in [0.717, 1.165) is 22.4 Å². The van der Waals surface area contributed by atoms with Crippen LogP contribution in [-0.4, -0.2) is 30.7 Å². The van der Waals surface area contributed by atoms with Crippen LogP contribution in [0.4, 0.5) is 5.69 Å². The third-order valence-electron chi connectivity index (χ3n) is 4.71. The quantitative estimate of drug-likeness (QED) is 0.665. The zero-order valence-electron chi connectivity index (χ0n) is 15.1. The van der Waals surface area contributed by atoms with E-state index < -0.39 is 0 Å². The Bertz CT molecular complexity index is 1020. The molecule has 1 aromatic heterocycles. The van der Waals surface area contributed by atoms with Crippen LogP contribution in [0.15, 0.2) is 53.1 Å². The Morgan fingerprint density at radius 3 is 2.63 bits per heavy atom. The molecule has 0 aliphatic carbocycles. The number of hydrogen-bond acceptors (Lipinski definition) is 5. The van der Waals surface area contributed by atoms with Gasteiger partial charge in [0.1, 0.15) is 5.69 Å². The molecule has 0 radical (unpaired) electrons. The Morgan fingerprint density at radius 1 is 1.11 bits per heavy atom. The van der Waals surface area contributed by atoms with Crippen LogP contribution >= 0.6 is 0 Å². The van der Waals surface area contributed by atoms with E-state index >= 15 is 0 Å². The molecule has 27 heavy (non-hydrogen) atoms. The normalized spacial score (nSPS) is 12.7. The second-order valence-corrected chi connectivity index (χ2v) is 6.48. The highest BCUT2D eigenvalue weighted by Gasteiger charge is 2.29. The summed E-state index contributed by atoms with van der Waals surface area (Å²) in [5.41, 5.74) is 4.86. The molecule has 0 spiro atoms. The molecule has 6 heteroatoms. The van der Waals surface area contributed by atoms with Crippen molar-refractivity contribution >= 4 is 17.6 Å². The summed E-state index contributed by atoms with van der Waals surface area (Å²) in [6, 6.07) is 14.7. The van der Waals surface area contributed by atoms with Crippen molar-refractivity contribution in [2.24, 2.45) is 0 Å². The number of fused-ring (bicyclic) bond motifs is 1. The zero-order valence-corrected chi connectivity index (χ0v) is 15.1. The first kappa shape index (κ1) is 17.0. The SMILES string of the molecule is COC(=O)c1ccc2c(c1)CCN2C(=O)c1cc(-c2ccc(C)cc2)no1. The minimum atomic E-state index is -0.388. The minimum Gasteiger partial charge on any atom is -0.465 e. The fourth-order valence-corrected chi connectivity index (χ4v) is 3.23. The lowest BCUT2D eigenvalue weighted by Gasteiger charge is -2.15.